The minimum absolute atomic E-state index is 0.0728. The van der Waals surface area contributed by atoms with E-state index in [1.807, 2.05) is 22.9 Å². The topological polar surface area (TPSA) is 45.5 Å². The van der Waals surface area contributed by atoms with Crippen LogP contribution in [0.1, 0.15) is 31.2 Å². The van der Waals surface area contributed by atoms with Crippen molar-refractivity contribution in [3.8, 4) is 5.75 Å². The zero-order valence-corrected chi connectivity index (χ0v) is 21.5. The predicted octanol–water partition coefficient (Wildman–Crippen LogP) is 7.49. The lowest BCUT2D eigenvalue weighted by Gasteiger charge is -2.32. The van der Waals surface area contributed by atoms with Gasteiger partial charge in [-0.05, 0) is 68.0 Å². The van der Waals surface area contributed by atoms with Gasteiger partial charge in [0, 0.05) is 34.0 Å². The number of benzene rings is 2. The second-order valence-electron chi connectivity index (χ2n) is 8.30. The van der Waals surface area contributed by atoms with Gasteiger partial charge >= 0.3 is 0 Å². The Balaban J connectivity index is 1.34. The number of imidazole rings is 1. The molecule has 182 valence electrons. The van der Waals surface area contributed by atoms with Crippen molar-refractivity contribution in [1.82, 2.24) is 9.55 Å². The first kappa shape index (κ1) is 25.6. The maximum Gasteiger partial charge on any atom is 0.158 e. The van der Waals surface area contributed by atoms with E-state index < -0.39 is 0 Å². The molecule has 3 aromatic rings. The summed E-state index contributed by atoms with van der Waals surface area (Å²) in [6, 6.07) is 10.8. The highest BCUT2D eigenvalue weighted by Crippen LogP contribution is 2.29. The van der Waals surface area contributed by atoms with Crippen LogP contribution in [-0.2, 0) is 22.4 Å². The van der Waals surface area contributed by atoms with Gasteiger partial charge in [0.1, 0.15) is 12.4 Å². The number of aromatic nitrogens is 2. The molecule has 0 spiro atoms. The Labute approximate surface area is 219 Å². The summed E-state index contributed by atoms with van der Waals surface area (Å²) in [7, 11) is 0. The molecule has 1 aromatic heterocycles. The molecule has 3 atom stereocenters. The molecule has 34 heavy (non-hydrogen) atoms. The molecule has 3 unspecified atom stereocenters. The van der Waals surface area contributed by atoms with Crippen molar-refractivity contribution >= 4 is 46.4 Å². The Kier molecular flexibility index (Phi) is 9.40. The van der Waals surface area contributed by atoms with Crippen molar-refractivity contribution in [3.05, 3.63) is 80.8 Å². The zero-order valence-electron chi connectivity index (χ0n) is 18.5. The van der Waals surface area contributed by atoms with Gasteiger partial charge in [-0.1, -0.05) is 52.5 Å². The molecule has 2 aromatic carbocycles. The van der Waals surface area contributed by atoms with E-state index in [0.717, 1.165) is 37.7 Å². The van der Waals surface area contributed by atoms with Crippen LogP contribution in [0.4, 0.5) is 0 Å². The average Bonchev–Trinajstić information content (AvgIpc) is 3.31. The second kappa shape index (κ2) is 12.5. The lowest BCUT2D eigenvalue weighted by molar-refractivity contribution is -0.222. The lowest BCUT2D eigenvalue weighted by Crippen LogP contribution is -2.37. The van der Waals surface area contributed by atoms with Gasteiger partial charge in [-0.3, -0.25) is 0 Å². The van der Waals surface area contributed by atoms with Crippen molar-refractivity contribution in [2.45, 2.75) is 57.1 Å². The first-order valence-corrected chi connectivity index (χ1v) is 12.8. The largest absolute Gasteiger partial charge is 0.489 e. The highest BCUT2D eigenvalue weighted by atomic mass is 35.5. The number of aryl methyl sites for hydroxylation is 1. The van der Waals surface area contributed by atoms with Crippen LogP contribution in [0.25, 0.3) is 0 Å². The van der Waals surface area contributed by atoms with Crippen LogP contribution in [0.5, 0.6) is 5.75 Å². The number of nitrogens with zero attached hydrogens (tertiary/aromatic N) is 2. The maximum absolute atomic E-state index is 6.43. The molecule has 1 fully saturated rings. The third-order valence-corrected chi connectivity index (χ3v) is 6.81. The average molecular weight is 544 g/mol. The normalized spacial score (nSPS) is 19.2. The minimum Gasteiger partial charge on any atom is -0.489 e. The van der Waals surface area contributed by atoms with E-state index in [-0.39, 0.29) is 18.5 Å². The van der Waals surface area contributed by atoms with E-state index in [1.165, 1.54) is 0 Å². The lowest BCUT2D eigenvalue weighted by atomic mass is 10.1. The molecular weight excluding hydrogens is 518 g/mol. The molecule has 9 heteroatoms. The molecule has 1 aliphatic rings. The molecule has 0 bridgehead atoms. The molecule has 0 amide bonds. The summed E-state index contributed by atoms with van der Waals surface area (Å²) < 4.78 is 20.6. The fourth-order valence-electron chi connectivity index (χ4n) is 3.95. The Hall–Kier alpha value is -1.47. The van der Waals surface area contributed by atoms with Crippen molar-refractivity contribution in [2.75, 3.05) is 6.61 Å². The van der Waals surface area contributed by atoms with Crippen LogP contribution in [0.3, 0.4) is 0 Å². The molecular formula is C25H26Cl4N2O3. The summed E-state index contributed by atoms with van der Waals surface area (Å²) in [5.41, 5.74) is 1.04. The predicted molar refractivity (Wildman–Crippen MR) is 136 cm³/mol. The molecule has 0 N–H and O–H groups in total. The van der Waals surface area contributed by atoms with Crippen LogP contribution in [0.15, 0.2) is 55.1 Å². The fraction of sp³-hybridized carbons (Fsp3) is 0.400. The van der Waals surface area contributed by atoms with Crippen molar-refractivity contribution in [2.24, 2.45) is 0 Å². The Bertz CT molecular complexity index is 1060. The highest BCUT2D eigenvalue weighted by molar-refractivity contribution is 6.35. The van der Waals surface area contributed by atoms with Gasteiger partial charge in [0.05, 0.1) is 23.6 Å². The summed E-state index contributed by atoms with van der Waals surface area (Å²) in [5.74, 6) is 0.593. The van der Waals surface area contributed by atoms with Crippen LogP contribution in [0.2, 0.25) is 20.1 Å². The van der Waals surface area contributed by atoms with Crippen LogP contribution >= 0.6 is 46.4 Å². The van der Waals surface area contributed by atoms with Gasteiger partial charge < -0.3 is 18.8 Å². The fourth-order valence-corrected chi connectivity index (χ4v) is 4.91. The van der Waals surface area contributed by atoms with Gasteiger partial charge in [0.15, 0.2) is 6.29 Å². The van der Waals surface area contributed by atoms with Gasteiger partial charge in [0.25, 0.3) is 0 Å². The Morgan fingerprint density at radius 3 is 2.56 bits per heavy atom. The van der Waals surface area contributed by atoms with Gasteiger partial charge in [-0.25, -0.2) is 4.98 Å². The quantitative estimate of drug-likeness (QED) is 0.266. The molecule has 1 aliphatic heterocycles. The molecule has 0 aliphatic carbocycles. The summed E-state index contributed by atoms with van der Waals surface area (Å²) in [4.78, 5) is 4.15. The molecule has 2 heterocycles. The minimum atomic E-state index is -0.308. The zero-order chi connectivity index (χ0) is 23.9. The van der Waals surface area contributed by atoms with E-state index in [2.05, 4.69) is 4.98 Å². The van der Waals surface area contributed by atoms with Crippen molar-refractivity contribution < 1.29 is 14.2 Å². The van der Waals surface area contributed by atoms with Crippen molar-refractivity contribution in [1.29, 1.82) is 0 Å². The standard InChI is InChI=1S/C25H26Cl4N2O3/c26-18-6-4-17(22(28)12-18)5-8-20(14-31-11-10-30-16-31)33-25-3-1-2-21(34-25)15-32-24-9-7-19(27)13-23(24)29/h4,6-7,9-13,16,20-21,25H,1-3,5,8,14-15H2. The van der Waals surface area contributed by atoms with E-state index >= 15 is 0 Å². The maximum atomic E-state index is 6.43. The number of ether oxygens (including phenoxy) is 3. The second-order valence-corrected chi connectivity index (χ2v) is 9.98. The molecule has 1 saturated heterocycles. The van der Waals surface area contributed by atoms with Gasteiger partial charge in [-0.2, -0.15) is 0 Å². The number of hydrogen-bond acceptors (Lipinski definition) is 4. The van der Waals surface area contributed by atoms with E-state index in [9.17, 15) is 0 Å². The third-order valence-electron chi connectivity index (χ3n) is 5.70. The smallest absolute Gasteiger partial charge is 0.158 e. The number of rotatable bonds is 10. The third kappa shape index (κ3) is 7.51. The van der Waals surface area contributed by atoms with Crippen LogP contribution in [0, 0.1) is 0 Å². The molecule has 5 nitrogen and oxygen atoms in total. The monoisotopic (exact) mass is 542 g/mol. The molecule has 4 rings (SSSR count). The summed E-state index contributed by atoms with van der Waals surface area (Å²) in [6.07, 6.45) is 9.30. The van der Waals surface area contributed by atoms with Gasteiger partial charge in [-0.15, -0.1) is 0 Å². The first-order chi connectivity index (χ1) is 16.5. The summed E-state index contributed by atoms with van der Waals surface area (Å²) in [6.45, 7) is 1.07. The van der Waals surface area contributed by atoms with E-state index in [4.69, 9.17) is 60.6 Å². The Morgan fingerprint density at radius 1 is 1.03 bits per heavy atom. The summed E-state index contributed by atoms with van der Waals surface area (Å²) >= 11 is 24.6. The highest BCUT2D eigenvalue weighted by Gasteiger charge is 2.26. The SMILES string of the molecule is Clc1ccc(CCC(Cn2ccnc2)OC2CCCC(COc3ccc(Cl)cc3Cl)O2)c(Cl)c1. The molecule has 0 radical (unpaired) electrons. The number of hydrogen-bond donors (Lipinski definition) is 0. The Morgan fingerprint density at radius 2 is 1.82 bits per heavy atom. The van der Waals surface area contributed by atoms with Crippen LogP contribution < -0.4 is 4.74 Å². The number of halogens is 4. The van der Waals surface area contributed by atoms with Crippen LogP contribution in [-0.4, -0.2) is 34.7 Å². The van der Waals surface area contributed by atoms with E-state index in [1.54, 1.807) is 36.8 Å². The van der Waals surface area contributed by atoms with Gasteiger partial charge in [0.2, 0.25) is 0 Å². The molecule has 0 saturated carbocycles. The van der Waals surface area contributed by atoms with Crippen molar-refractivity contribution in [3.63, 3.8) is 0 Å². The first-order valence-electron chi connectivity index (χ1n) is 11.2. The summed E-state index contributed by atoms with van der Waals surface area (Å²) in [5, 5.41) is 2.35. The van der Waals surface area contributed by atoms with E-state index in [0.29, 0.717) is 39.0 Å².